The van der Waals surface area contributed by atoms with E-state index in [-0.39, 0.29) is 5.41 Å². The molecule has 0 radical (unpaired) electrons. The standard InChI is InChI=1S/C12H17NO/c13-7-12(3-4-14-8-12)11-6-9-1-2-10(11)5-9/h9-11H,1-6,8H2. The van der Waals surface area contributed by atoms with Gasteiger partial charge >= 0.3 is 0 Å². The molecule has 2 nitrogen and oxygen atoms in total. The fourth-order valence-corrected chi connectivity index (χ4v) is 3.97. The van der Waals surface area contributed by atoms with Crippen LogP contribution in [0, 0.1) is 34.5 Å². The van der Waals surface area contributed by atoms with Crippen LogP contribution in [0.2, 0.25) is 0 Å². The SMILES string of the molecule is N#CC1(C2CC3CCC2C3)CCOC1. The number of ether oxygens (including phenoxy) is 1. The van der Waals surface area contributed by atoms with Gasteiger partial charge in [-0.25, -0.2) is 0 Å². The Balaban J connectivity index is 1.84. The van der Waals surface area contributed by atoms with Crippen molar-refractivity contribution in [1.29, 1.82) is 5.26 Å². The highest BCUT2D eigenvalue weighted by molar-refractivity contribution is 5.10. The molecular formula is C12H17NO. The zero-order chi connectivity index (χ0) is 9.60. The molecule has 0 N–H and O–H groups in total. The second-order valence-corrected chi connectivity index (χ2v) is 5.35. The quantitative estimate of drug-likeness (QED) is 0.637. The van der Waals surface area contributed by atoms with E-state index in [4.69, 9.17) is 4.74 Å². The molecule has 4 unspecified atom stereocenters. The molecule has 2 bridgehead atoms. The number of nitriles is 1. The lowest BCUT2D eigenvalue weighted by molar-refractivity contribution is 0.115. The summed E-state index contributed by atoms with van der Waals surface area (Å²) < 4.78 is 5.45. The lowest BCUT2D eigenvalue weighted by atomic mass is 9.68. The maximum Gasteiger partial charge on any atom is 0.0859 e. The van der Waals surface area contributed by atoms with Crippen LogP contribution in [0.5, 0.6) is 0 Å². The van der Waals surface area contributed by atoms with Crippen LogP contribution >= 0.6 is 0 Å². The van der Waals surface area contributed by atoms with Crippen LogP contribution in [0.3, 0.4) is 0 Å². The summed E-state index contributed by atoms with van der Waals surface area (Å²) >= 11 is 0. The Hall–Kier alpha value is -0.550. The minimum absolute atomic E-state index is 0.0974. The minimum atomic E-state index is -0.0974. The molecule has 2 aliphatic carbocycles. The van der Waals surface area contributed by atoms with Crippen LogP contribution in [0.15, 0.2) is 0 Å². The van der Waals surface area contributed by atoms with E-state index in [2.05, 4.69) is 6.07 Å². The van der Waals surface area contributed by atoms with Gasteiger partial charge in [-0.05, 0) is 43.4 Å². The molecule has 0 amide bonds. The van der Waals surface area contributed by atoms with Crippen molar-refractivity contribution in [3.8, 4) is 6.07 Å². The third-order valence-corrected chi connectivity index (χ3v) is 4.72. The molecular weight excluding hydrogens is 174 g/mol. The Morgan fingerprint density at radius 3 is 2.71 bits per heavy atom. The highest BCUT2D eigenvalue weighted by atomic mass is 16.5. The van der Waals surface area contributed by atoms with Crippen LogP contribution in [-0.2, 0) is 4.74 Å². The van der Waals surface area contributed by atoms with E-state index in [1.54, 1.807) is 0 Å². The number of hydrogen-bond acceptors (Lipinski definition) is 2. The Morgan fingerprint density at radius 2 is 2.21 bits per heavy atom. The summed E-state index contributed by atoms with van der Waals surface area (Å²) in [4.78, 5) is 0. The van der Waals surface area contributed by atoms with Crippen molar-refractivity contribution >= 4 is 0 Å². The Kier molecular flexibility index (Phi) is 1.85. The zero-order valence-electron chi connectivity index (χ0n) is 8.54. The van der Waals surface area contributed by atoms with Gasteiger partial charge in [0.25, 0.3) is 0 Å². The van der Waals surface area contributed by atoms with Gasteiger partial charge in [0, 0.05) is 6.61 Å². The summed E-state index contributed by atoms with van der Waals surface area (Å²) in [6.45, 7) is 1.51. The van der Waals surface area contributed by atoms with Crippen LogP contribution in [0.25, 0.3) is 0 Å². The van der Waals surface area contributed by atoms with Crippen molar-refractivity contribution in [2.45, 2.75) is 32.1 Å². The highest BCUT2D eigenvalue weighted by Gasteiger charge is 2.52. The van der Waals surface area contributed by atoms with Crippen LogP contribution in [0.1, 0.15) is 32.1 Å². The van der Waals surface area contributed by atoms with Gasteiger partial charge in [0.15, 0.2) is 0 Å². The summed E-state index contributed by atoms with van der Waals surface area (Å²) in [6, 6.07) is 2.58. The number of nitrogens with zero attached hydrogens (tertiary/aromatic N) is 1. The Labute approximate surface area is 85.2 Å². The van der Waals surface area contributed by atoms with Gasteiger partial charge in [-0.3, -0.25) is 0 Å². The molecule has 1 saturated heterocycles. The zero-order valence-corrected chi connectivity index (χ0v) is 8.54. The first-order chi connectivity index (χ1) is 6.84. The average molecular weight is 191 g/mol. The molecule has 3 aliphatic rings. The lowest BCUT2D eigenvalue weighted by Crippen LogP contribution is -2.33. The smallest absolute Gasteiger partial charge is 0.0859 e. The van der Waals surface area contributed by atoms with E-state index < -0.39 is 0 Å². The van der Waals surface area contributed by atoms with E-state index in [0.717, 1.165) is 24.9 Å². The molecule has 0 aromatic heterocycles. The van der Waals surface area contributed by atoms with Crippen LogP contribution < -0.4 is 0 Å². The Bertz CT molecular complexity index is 275. The van der Waals surface area contributed by atoms with Crippen molar-refractivity contribution in [3.05, 3.63) is 0 Å². The number of hydrogen-bond donors (Lipinski definition) is 0. The maximum absolute atomic E-state index is 9.38. The van der Waals surface area contributed by atoms with Crippen molar-refractivity contribution < 1.29 is 4.74 Å². The Morgan fingerprint density at radius 1 is 1.29 bits per heavy atom. The molecule has 14 heavy (non-hydrogen) atoms. The molecule has 0 spiro atoms. The molecule has 4 atom stereocenters. The van der Waals surface area contributed by atoms with Gasteiger partial charge in [-0.15, -0.1) is 0 Å². The predicted molar refractivity (Wildman–Crippen MR) is 52.4 cm³/mol. The molecule has 2 saturated carbocycles. The summed E-state index contributed by atoms with van der Waals surface area (Å²) in [5, 5.41) is 9.38. The molecule has 0 aromatic rings. The van der Waals surface area contributed by atoms with Gasteiger partial charge in [-0.1, -0.05) is 6.42 Å². The third kappa shape index (κ3) is 1.05. The van der Waals surface area contributed by atoms with Gasteiger partial charge in [-0.2, -0.15) is 5.26 Å². The topological polar surface area (TPSA) is 33.0 Å². The fraction of sp³-hybridized carbons (Fsp3) is 0.917. The van der Waals surface area contributed by atoms with E-state index in [0.29, 0.717) is 12.5 Å². The summed E-state index contributed by atoms with van der Waals surface area (Å²) in [6.07, 6.45) is 6.48. The van der Waals surface area contributed by atoms with Crippen molar-refractivity contribution in [1.82, 2.24) is 0 Å². The molecule has 0 aromatic carbocycles. The van der Waals surface area contributed by atoms with Gasteiger partial charge in [0.05, 0.1) is 18.1 Å². The second-order valence-electron chi connectivity index (χ2n) is 5.35. The summed E-state index contributed by atoms with van der Waals surface area (Å²) in [7, 11) is 0. The van der Waals surface area contributed by atoms with Crippen molar-refractivity contribution in [2.75, 3.05) is 13.2 Å². The van der Waals surface area contributed by atoms with E-state index in [1.165, 1.54) is 25.7 Å². The number of fused-ring (bicyclic) bond motifs is 2. The monoisotopic (exact) mass is 191 g/mol. The highest BCUT2D eigenvalue weighted by Crippen LogP contribution is 2.56. The minimum Gasteiger partial charge on any atom is -0.380 e. The van der Waals surface area contributed by atoms with Gasteiger partial charge < -0.3 is 4.74 Å². The molecule has 3 fully saturated rings. The predicted octanol–water partition coefficient (Wildman–Crippen LogP) is 2.35. The first kappa shape index (κ1) is 8.73. The normalized spacial score (nSPS) is 50.9. The molecule has 2 heteroatoms. The summed E-state index contributed by atoms with van der Waals surface area (Å²) in [5.41, 5.74) is -0.0974. The maximum atomic E-state index is 9.38. The third-order valence-electron chi connectivity index (χ3n) is 4.72. The summed E-state index contributed by atoms with van der Waals surface area (Å²) in [5.74, 6) is 2.45. The van der Waals surface area contributed by atoms with E-state index in [9.17, 15) is 5.26 Å². The van der Waals surface area contributed by atoms with E-state index >= 15 is 0 Å². The molecule has 3 rings (SSSR count). The van der Waals surface area contributed by atoms with Crippen molar-refractivity contribution in [3.63, 3.8) is 0 Å². The first-order valence-electron chi connectivity index (χ1n) is 5.83. The molecule has 1 heterocycles. The number of rotatable bonds is 1. The van der Waals surface area contributed by atoms with Gasteiger partial charge in [0.1, 0.15) is 0 Å². The van der Waals surface area contributed by atoms with Gasteiger partial charge in [0.2, 0.25) is 0 Å². The second kappa shape index (κ2) is 2.97. The molecule has 76 valence electrons. The fourth-order valence-electron chi connectivity index (χ4n) is 3.97. The van der Waals surface area contributed by atoms with Crippen molar-refractivity contribution in [2.24, 2.45) is 23.2 Å². The van der Waals surface area contributed by atoms with E-state index in [1.807, 2.05) is 0 Å². The largest absolute Gasteiger partial charge is 0.380 e. The molecule has 1 aliphatic heterocycles. The average Bonchev–Trinajstić information content (AvgIpc) is 2.94. The van der Waals surface area contributed by atoms with Crippen LogP contribution in [0.4, 0.5) is 0 Å². The first-order valence-corrected chi connectivity index (χ1v) is 5.83. The lowest BCUT2D eigenvalue weighted by Gasteiger charge is -2.33. The van der Waals surface area contributed by atoms with Crippen LogP contribution in [-0.4, -0.2) is 13.2 Å².